The highest BCUT2D eigenvalue weighted by Crippen LogP contribution is 2.33. The van der Waals surface area contributed by atoms with Gasteiger partial charge in [0.05, 0.1) is 23.5 Å². The normalized spacial score (nSPS) is 17.8. The van der Waals surface area contributed by atoms with Gasteiger partial charge in [0.25, 0.3) is 5.91 Å². The summed E-state index contributed by atoms with van der Waals surface area (Å²) in [6.07, 6.45) is 3.19. The summed E-state index contributed by atoms with van der Waals surface area (Å²) in [6, 6.07) is 2.86. The Balaban J connectivity index is 1.98. The molecule has 0 saturated carbocycles. The fourth-order valence-corrected chi connectivity index (χ4v) is 3.02. The second kappa shape index (κ2) is 6.38. The molecule has 1 fully saturated rings. The number of nitrogens with zero attached hydrogens (tertiary/aromatic N) is 2. The topological polar surface area (TPSA) is 86.3 Å². The number of nitrogens with one attached hydrogen (secondary N) is 1. The number of carboxylic acid groups (broad SMARTS) is 1. The molecule has 0 aliphatic carbocycles. The first-order valence-corrected chi connectivity index (χ1v) is 7.52. The van der Waals surface area contributed by atoms with Crippen molar-refractivity contribution in [1.82, 2.24) is 15.1 Å². The molecule has 1 aliphatic heterocycles. The van der Waals surface area contributed by atoms with E-state index in [1.54, 1.807) is 0 Å². The lowest BCUT2D eigenvalue weighted by molar-refractivity contribution is 0.0584. The summed E-state index contributed by atoms with van der Waals surface area (Å²) < 4.78 is 27.4. The van der Waals surface area contributed by atoms with Crippen molar-refractivity contribution >= 4 is 11.9 Å². The van der Waals surface area contributed by atoms with Gasteiger partial charge in [-0.1, -0.05) is 6.07 Å². The number of amides is 1. The van der Waals surface area contributed by atoms with E-state index in [1.165, 1.54) is 23.2 Å². The van der Waals surface area contributed by atoms with Crippen LogP contribution in [0.2, 0.25) is 0 Å². The lowest BCUT2D eigenvalue weighted by atomic mass is 9.96. The van der Waals surface area contributed by atoms with Gasteiger partial charge in [-0.05, 0) is 31.4 Å². The van der Waals surface area contributed by atoms with Crippen LogP contribution in [0.1, 0.15) is 51.7 Å². The summed E-state index contributed by atoms with van der Waals surface area (Å²) in [6.45, 7) is 0.331. The summed E-state index contributed by atoms with van der Waals surface area (Å²) in [5.74, 6) is -4.12. The zero-order valence-electron chi connectivity index (χ0n) is 12.6. The number of aromatic amines is 1. The minimum atomic E-state index is -1.20. The number of likely N-dealkylation sites (tertiary alicyclic amines) is 1. The molecule has 1 saturated heterocycles. The molecule has 1 aromatic heterocycles. The monoisotopic (exact) mass is 335 g/mol. The highest BCUT2D eigenvalue weighted by atomic mass is 19.2. The zero-order valence-corrected chi connectivity index (χ0v) is 12.6. The third-order valence-electron chi connectivity index (χ3n) is 4.18. The van der Waals surface area contributed by atoms with Crippen LogP contribution >= 0.6 is 0 Å². The van der Waals surface area contributed by atoms with E-state index in [0.717, 1.165) is 12.5 Å². The largest absolute Gasteiger partial charge is 0.478 e. The standard InChI is InChI=1S/C16H15F2N3O3/c17-11-5-3-4-9(13(11)18)15(22)21-7-2-1-6-12(21)14-10(16(23)24)8-19-20-14/h3-5,8,12H,1-2,6-7H2,(H,19,20)(H,23,24). The average molecular weight is 335 g/mol. The number of benzene rings is 1. The van der Waals surface area contributed by atoms with Crippen molar-refractivity contribution in [2.45, 2.75) is 25.3 Å². The molecule has 0 bridgehead atoms. The van der Waals surface area contributed by atoms with Gasteiger partial charge in [-0.3, -0.25) is 9.89 Å². The minimum Gasteiger partial charge on any atom is -0.478 e. The van der Waals surface area contributed by atoms with Crippen LogP contribution in [0.25, 0.3) is 0 Å². The molecule has 2 N–H and O–H groups in total. The summed E-state index contributed by atoms with van der Waals surface area (Å²) in [7, 11) is 0. The smallest absolute Gasteiger partial charge is 0.339 e. The molecule has 1 amide bonds. The summed E-state index contributed by atoms with van der Waals surface area (Å²) in [5, 5.41) is 15.6. The number of hydrogen-bond donors (Lipinski definition) is 2. The summed E-state index contributed by atoms with van der Waals surface area (Å²) in [5.41, 5.74) is -0.0925. The number of aromatic nitrogens is 2. The number of hydrogen-bond acceptors (Lipinski definition) is 3. The molecule has 1 unspecified atom stereocenters. The zero-order chi connectivity index (χ0) is 17.3. The Bertz CT molecular complexity index is 791. The first kappa shape index (κ1) is 16.1. The van der Waals surface area contributed by atoms with E-state index in [0.29, 0.717) is 25.1 Å². The van der Waals surface area contributed by atoms with Crippen LogP contribution in [0.3, 0.4) is 0 Å². The number of carbonyl (C=O) groups excluding carboxylic acids is 1. The quantitative estimate of drug-likeness (QED) is 0.903. The fraction of sp³-hybridized carbons (Fsp3) is 0.312. The van der Waals surface area contributed by atoms with Crippen LogP contribution in [0.15, 0.2) is 24.4 Å². The highest BCUT2D eigenvalue weighted by Gasteiger charge is 2.33. The van der Waals surface area contributed by atoms with Crippen LogP contribution in [0.4, 0.5) is 8.78 Å². The maximum atomic E-state index is 13.9. The van der Waals surface area contributed by atoms with Crippen LogP contribution < -0.4 is 0 Å². The number of carboxylic acids is 1. The molecule has 126 valence electrons. The molecule has 2 heterocycles. The van der Waals surface area contributed by atoms with E-state index < -0.39 is 29.6 Å². The van der Waals surface area contributed by atoms with Crippen LogP contribution in [-0.4, -0.2) is 38.6 Å². The van der Waals surface area contributed by atoms with E-state index in [4.69, 9.17) is 0 Å². The Kier molecular flexibility index (Phi) is 4.28. The average Bonchev–Trinajstić information content (AvgIpc) is 3.06. The van der Waals surface area contributed by atoms with E-state index in [2.05, 4.69) is 10.2 Å². The molecule has 3 rings (SSSR count). The van der Waals surface area contributed by atoms with Crippen molar-refractivity contribution in [3.63, 3.8) is 0 Å². The summed E-state index contributed by atoms with van der Waals surface area (Å²) >= 11 is 0. The van der Waals surface area contributed by atoms with Gasteiger partial charge in [-0.2, -0.15) is 5.10 Å². The molecule has 1 aromatic carbocycles. The van der Waals surface area contributed by atoms with Gasteiger partial charge < -0.3 is 10.0 Å². The molecule has 6 nitrogen and oxygen atoms in total. The second-order valence-electron chi connectivity index (χ2n) is 5.61. The maximum absolute atomic E-state index is 13.9. The summed E-state index contributed by atoms with van der Waals surface area (Å²) in [4.78, 5) is 25.4. The molecule has 8 heteroatoms. The Morgan fingerprint density at radius 3 is 2.79 bits per heavy atom. The second-order valence-corrected chi connectivity index (χ2v) is 5.61. The van der Waals surface area contributed by atoms with Gasteiger partial charge >= 0.3 is 5.97 Å². The van der Waals surface area contributed by atoms with Crippen molar-refractivity contribution < 1.29 is 23.5 Å². The Labute approximate surface area is 136 Å². The molecule has 0 spiro atoms. The number of rotatable bonds is 3. The van der Waals surface area contributed by atoms with Gasteiger partial charge in [-0.15, -0.1) is 0 Å². The lowest BCUT2D eigenvalue weighted by Gasteiger charge is -2.35. The van der Waals surface area contributed by atoms with Crippen molar-refractivity contribution in [1.29, 1.82) is 0 Å². The number of aromatic carboxylic acids is 1. The van der Waals surface area contributed by atoms with E-state index in [9.17, 15) is 23.5 Å². The Hall–Kier alpha value is -2.77. The third-order valence-corrected chi connectivity index (χ3v) is 4.18. The molecule has 0 radical (unpaired) electrons. The van der Waals surface area contributed by atoms with Gasteiger partial charge in [0.1, 0.15) is 5.56 Å². The molecule has 24 heavy (non-hydrogen) atoms. The molecule has 1 aliphatic rings. The lowest BCUT2D eigenvalue weighted by Crippen LogP contribution is -2.39. The third kappa shape index (κ3) is 2.75. The van der Waals surface area contributed by atoms with Crippen molar-refractivity contribution in [2.75, 3.05) is 6.54 Å². The maximum Gasteiger partial charge on any atom is 0.339 e. The van der Waals surface area contributed by atoms with E-state index >= 15 is 0 Å². The van der Waals surface area contributed by atoms with E-state index in [-0.39, 0.29) is 11.1 Å². The number of halogens is 2. The van der Waals surface area contributed by atoms with Gasteiger partial charge in [-0.25, -0.2) is 13.6 Å². The molecular formula is C16H15F2N3O3. The molecule has 2 aromatic rings. The Morgan fingerprint density at radius 2 is 2.04 bits per heavy atom. The minimum absolute atomic E-state index is 0.0283. The first-order valence-electron chi connectivity index (χ1n) is 7.52. The van der Waals surface area contributed by atoms with Gasteiger partial charge in [0.2, 0.25) is 0 Å². The Morgan fingerprint density at radius 1 is 1.25 bits per heavy atom. The predicted molar refractivity (Wildman–Crippen MR) is 79.5 cm³/mol. The van der Waals surface area contributed by atoms with Crippen LogP contribution in [0.5, 0.6) is 0 Å². The number of H-pyrrole nitrogens is 1. The van der Waals surface area contributed by atoms with Crippen molar-refractivity contribution in [3.05, 3.63) is 52.9 Å². The number of carbonyl (C=O) groups is 2. The number of piperidine rings is 1. The molecular weight excluding hydrogens is 320 g/mol. The molecule has 1 atom stereocenters. The van der Waals surface area contributed by atoms with Crippen LogP contribution in [0, 0.1) is 11.6 Å². The van der Waals surface area contributed by atoms with Crippen LogP contribution in [-0.2, 0) is 0 Å². The highest BCUT2D eigenvalue weighted by molar-refractivity contribution is 5.95. The van der Waals surface area contributed by atoms with Gasteiger partial charge in [0.15, 0.2) is 11.6 Å². The van der Waals surface area contributed by atoms with Crippen molar-refractivity contribution in [2.24, 2.45) is 0 Å². The van der Waals surface area contributed by atoms with Gasteiger partial charge in [0, 0.05) is 6.54 Å². The SMILES string of the molecule is O=C(O)c1cn[nH]c1C1CCCCN1C(=O)c1cccc(F)c1F. The van der Waals surface area contributed by atoms with E-state index in [1.807, 2.05) is 0 Å². The first-order chi connectivity index (χ1) is 11.5. The predicted octanol–water partition coefficient (Wildman–Crippen LogP) is 2.75. The van der Waals surface area contributed by atoms with Crippen molar-refractivity contribution in [3.8, 4) is 0 Å². The fourth-order valence-electron chi connectivity index (χ4n) is 3.02.